The van der Waals surface area contributed by atoms with Gasteiger partial charge >= 0.3 is 0 Å². The summed E-state index contributed by atoms with van der Waals surface area (Å²) in [4.78, 5) is 20.3. The Bertz CT molecular complexity index is 976. The number of rotatable bonds is 4. The number of fused-ring (bicyclic) bond motifs is 1. The molecule has 5 heteroatoms. The highest BCUT2D eigenvalue weighted by Crippen LogP contribution is 2.60. The van der Waals surface area contributed by atoms with E-state index in [0.29, 0.717) is 5.91 Å². The zero-order valence-electron chi connectivity index (χ0n) is 18.8. The van der Waals surface area contributed by atoms with Crippen LogP contribution in [-0.4, -0.2) is 61.6 Å². The van der Waals surface area contributed by atoms with Crippen molar-refractivity contribution in [2.24, 2.45) is 11.3 Å². The average molecular weight is 432 g/mol. The Kier molecular flexibility index (Phi) is 5.09. The van der Waals surface area contributed by atoms with Crippen LogP contribution in [0.4, 0.5) is 5.69 Å². The number of ether oxygens (including phenoxy) is 1. The molecule has 1 atom stereocenters. The van der Waals surface area contributed by atoms with Crippen LogP contribution < -0.4 is 9.64 Å². The van der Waals surface area contributed by atoms with Crippen LogP contribution in [0.2, 0.25) is 0 Å². The number of benzene rings is 2. The molecular formula is C27H33N3O2. The number of likely N-dealkylation sites (tertiary alicyclic amines) is 1. The van der Waals surface area contributed by atoms with E-state index < -0.39 is 0 Å². The largest absolute Gasteiger partial charge is 0.493 e. The zero-order chi connectivity index (χ0) is 21.5. The van der Waals surface area contributed by atoms with E-state index in [4.69, 9.17) is 4.74 Å². The summed E-state index contributed by atoms with van der Waals surface area (Å²) in [7, 11) is 0. The molecular weight excluding hydrogens is 398 g/mol. The summed E-state index contributed by atoms with van der Waals surface area (Å²) < 4.78 is 5.64. The van der Waals surface area contributed by atoms with Gasteiger partial charge in [-0.05, 0) is 67.1 Å². The van der Waals surface area contributed by atoms with Crippen molar-refractivity contribution >= 4 is 11.6 Å². The van der Waals surface area contributed by atoms with Crippen molar-refractivity contribution in [3.05, 3.63) is 59.7 Å². The molecule has 1 amide bonds. The second kappa shape index (κ2) is 8.11. The van der Waals surface area contributed by atoms with Crippen LogP contribution in [0, 0.1) is 11.3 Å². The molecule has 168 valence electrons. The zero-order valence-corrected chi connectivity index (χ0v) is 18.8. The van der Waals surface area contributed by atoms with Gasteiger partial charge < -0.3 is 14.5 Å². The quantitative estimate of drug-likeness (QED) is 0.742. The second-order valence-corrected chi connectivity index (χ2v) is 10.1. The van der Waals surface area contributed by atoms with Crippen molar-refractivity contribution in [2.45, 2.75) is 32.2 Å². The highest BCUT2D eigenvalue weighted by Gasteiger charge is 2.59. The summed E-state index contributed by atoms with van der Waals surface area (Å²) in [6.45, 7) is 7.65. The summed E-state index contributed by atoms with van der Waals surface area (Å²) in [5, 5.41) is 0. The van der Waals surface area contributed by atoms with Crippen molar-refractivity contribution in [3.8, 4) is 5.75 Å². The standard InChI is InChI=1S/C27H33N3O2/c31-26(30-15-13-29(14-16-30)23-4-2-1-3-5-23)24-19-27(24)9-11-28(12-10-27)20-21-6-7-25-22(18-21)8-17-32-25/h1-7,18,24H,8-17,19-20H2/t24-/m0/s1. The van der Waals surface area contributed by atoms with E-state index in [1.165, 1.54) is 29.7 Å². The molecule has 5 nitrogen and oxygen atoms in total. The lowest BCUT2D eigenvalue weighted by atomic mass is 9.90. The number of nitrogens with zero attached hydrogens (tertiary/aromatic N) is 3. The molecule has 1 spiro atoms. The second-order valence-electron chi connectivity index (χ2n) is 10.1. The third kappa shape index (κ3) is 3.77. The van der Waals surface area contributed by atoms with Crippen LogP contribution in [0.3, 0.4) is 0 Å². The molecule has 6 rings (SSSR count). The lowest BCUT2D eigenvalue weighted by Crippen LogP contribution is -2.50. The van der Waals surface area contributed by atoms with Crippen molar-refractivity contribution < 1.29 is 9.53 Å². The molecule has 0 aromatic heterocycles. The molecule has 32 heavy (non-hydrogen) atoms. The van der Waals surface area contributed by atoms with Crippen molar-refractivity contribution in [3.63, 3.8) is 0 Å². The van der Waals surface area contributed by atoms with E-state index in [9.17, 15) is 4.79 Å². The minimum absolute atomic E-state index is 0.269. The molecule has 1 saturated carbocycles. The molecule has 4 aliphatic rings. The first-order valence-electron chi connectivity index (χ1n) is 12.3. The van der Waals surface area contributed by atoms with Crippen LogP contribution in [0.1, 0.15) is 30.4 Å². The van der Waals surface area contributed by atoms with Crippen LogP contribution in [0.5, 0.6) is 5.75 Å². The van der Waals surface area contributed by atoms with Gasteiger partial charge in [0, 0.05) is 50.7 Å². The van der Waals surface area contributed by atoms with E-state index >= 15 is 0 Å². The molecule has 3 aliphatic heterocycles. The minimum atomic E-state index is 0.269. The van der Waals surface area contributed by atoms with Gasteiger partial charge in [0.05, 0.1) is 6.61 Å². The van der Waals surface area contributed by atoms with Crippen molar-refractivity contribution in [2.75, 3.05) is 50.8 Å². The van der Waals surface area contributed by atoms with Crippen LogP contribution in [0.25, 0.3) is 0 Å². The lowest BCUT2D eigenvalue weighted by molar-refractivity contribution is -0.134. The van der Waals surface area contributed by atoms with Gasteiger partial charge in [-0.2, -0.15) is 0 Å². The van der Waals surface area contributed by atoms with Crippen molar-refractivity contribution in [1.82, 2.24) is 9.80 Å². The van der Waals surface area contributed by atoms with E-state index in [1.54, 1.807) is 0 Å². The molecule has 2 aromatic carbocycles. The molecule has 2 saturated heterocycles. The summed E-state index contributed by atoms with van der Waals surface area (Å²) in [5.74, 6) is 1.75. The van der Waals surface area contributed by atoms with Crippen LogP contribution in [0.15, 0.2) is 48.5 Å². The van der Waals surface area contributed by atoms with Gasteiger partial charge in [0.2, 0.25) is 5.91 Å². The number of anilines is 1. The minimum Gasteiger partial charge on any atom is -0.493 e. The summed E-state index contributed by atoms with van der Waals surface area (Å²) in [5.41, 5.74) is 4.31. The van der Waals surface area contributed by atoms with Crippen LogP contribution >= 0.6 is 0 Å². The monoisotopic (exact) mass is 431 g/mol. The highest BCUT2D eigenvalue weighted by molar-refractivity contribution is 5.83. The Labute approximate surface area is 190 Å². The maximum atomic E-state index is 13.2. The van der Waals surface area contributed by atoms with Crippen LogP contribution in [-0.2, 0) is 17.8 Å². The normalized spacial score (nSPS) is 24.3. The smallest absolute Gasteiger partial charge is 0.226 e. The maximum Gasteiger partial charge on any atom is 0.226 e. The predicted octanol–water partition coefficient (Wildman–Crippen LogP) is 3.57. The summed E-state index contributed by atoms with van der Waals surface area (Å²) >= 11 is 0. The van der Waals surface area contributed by atoms with Crippen molar-refractivity contribution in [1.29, 1.82) is 0 Å². The molecule has 0 N–H and O–H groups in total. The number of para-hydroxylation sites is 1. The molecule has 3 fully saturated rings. The molecule has 1 aliphatic carbocycles. The maximum absolute atomic E-state index is 13.2. The number of carbonyl (C=O) groups is 1. The Morgan fingerprint density at radius 3 is 2.53 bits per heavy atom. The molecule has 0 bridgehead atoms. The highest BCUT2D eigenvalue weighted by atomic mass is 16.5. The molecule has 2 aromatic rings. The van der Waals surface area contributed by atoms with Gasteiger partial charge in [0.15, 0.2) is 0 Å². The first-order chi connectivity index (χ1) is 15.7. The fourth-order valence-electron chi connectivity index (χ4n) is 6.05. The van der Waals surface area contributed by atoms with Gasteiger partial charge in [-0.25, -0.2) is 0 Å². The Morgan fingerprint density at radius 2 is 1.75 bits per heavy atom. The fourth-order valence-corrected chi connectivity index (χ4v) is 6.05. The fraction of sp³-hybridized carbons (Fsp3) is 0.519. The number of piperazine rings is 1. The predicted molar refractivity (Wildman–Crippen MR) is 126 cm³/mol. The number of piperidine rings is 1. The Hall–Kier alpha value is -2.53. The average Bonchev–Trinajstić information content (AvgIpc) is 3.33. The van der Waals surface area contributed by atoms with Gasteiger partial charge in [-0.15, -0.1) is 0 Å². The van der Waals surface area contributed by atoms with E-state index in [-0.39, 0.29) is 11.3 Å². The molecule has 0 radical (unpaired) electrons. The van der Waals surface area contributed by atoms with E-state index in [1.807, 2.05) is 0 Å². The van der Waals surface area contributed by atoms with Gasteiger partial charge in [0.25, 0.3) is 0 Å². The van der Waals surface area contributed by atoms with Gasteiger partial charge in [-0.1, -0.05) is 30.3 Å². The Morgan fingerprint density at radius 1 is 0.969 bits per heavy atom. The van der Waals surface area contributed by atoms with E-state index in [0.717, 1.165) is 71.0 Å². The summed E-state index contributed by atoms with van der Waals surface area (Å²) in [6, 6.07) is 17.2. The number of hydrogen-bond acceptors (Lipinski definition) is 4. The number of carbonyl (C=O) groups excluding carboxylic acids is 1. The van der Waals surface area contributed by atoms with E-state index in [2.05, 4.69) is 63.2 Å². The molecule has 3 heterocycles. The van der Waals surface area contributed by atoms with Gasteiger partial charge in [-0.3, -0.25) is 9.69 Å². The third-order valence-electron chi connectivity index (χ3n) is 8.21. The van der Waals surface area contributed by atoms with Gasteiger partial charge in [0.1, 0.15) is 5.75 Å². The first kappa shape index (κ1) is 20.1. The SMILES string of the molecule is O=C([C@@H]1CC12CCN(Cc1ccc3c(c1)CCO3)CC2)N1CCN(c2ccccc2)CC1. The topological polar surface area (TPSA) is 36.0 Å². The number of amides is 1. The lowest BCUT2D eigenvalue weighted by Gasteiger charge is -2.37. The first-order valence-corrected chi connectivity index (χ1v) is 12.3. The Balaban J connectivity index is 0.995. The molecule has 0 unspecified atom stereocenters. The number of hydrogen-bond donors (Lipinski definition) is 0. The third-order valence-corrected chi connectivity index (χ3v) is 8.21. The summed E-state index contributed by atoms with van der Waals surface area (Å²) in [6.07, 6.45) is 4.48.